The molecule has 1 aromatic rings. The van der Waals surface area contributed by atoms with Gasteiger partial charge < -0.3 is 20.5 Å². The zero-order chi connectivity index (χ0) is 15.4. The number of aromatic nitrogens is 1. The molecule has 1 aliphatic heterocycles. The van der Waals surface area contributed by atoms with Gasteiger partial charge in [-0.25, -0.2) is 4.79 Å². The Labute approximate surface area is 123 Å². The molecule has 0 aromatic carbocycles. The first kappa shape index (κ1) is 15.3. The lowest BCUT2D eigenvalue weighted by Gasteiger charge is -2.27. The first-order valence-corrected chi connectivity index (χ1v) is 7.32. The van der Waals surface area contributed by atoms with Crippen LogP contribution in [0.5, 0.6) is 0 Å². The minimum absolute atomic E-state index is 0.104. The molecule has 0 radical (unpaired) electrons. The molecule has 0 spiro atoms. The van der Waals surface area contributed by atoms with Crippen LogP contribution in [0, 0.1) is 6.92 Å². The van der Waals surface area contributed by atoms with Crippen LogP contribution in [0.4, 0.5) is 4.79 Å². The first-order chi connectivity index (χ1) is 10.0. The summed E-state index contributed by atoms with van der Waals surface area (Å²) in [6.07, 6.45) is 3.11. The average molecular weight is 294 g/mol. The zero-order valence-electron chi connectivity index (χ0n) is 12.5. The Balaban J connectivity index is 2.13. The lowest BCUT2D eigenvalue weighted by atomic mass is 10.1. The highest BCUT2D eigenvalue weighted by Crippen LogP contribution is 2.32. The van der Waals surface area contributed by atoms with E-state index >= 15 is 0 Å². The number of rotatable bonds is 5. The maximum absolute atomic E-state index is 12.7. The fraction of sp³-hybridized carbons (Fsp3) is 0.643. The van der Waals surface area contributed by atoms with Crippen molar-refractivity contribution in [1.82, 2.24) is 15.4 Å². The molecular weight excluding hydrogens is 272 g/mol. The van der Waals surface area contributed by atoms with E-state index in [4.69, 9.17) is 10.3 Å². The van der Waals surface area contributed by atoms with E-state index in [1.54, 1.807) is 4.90 Å². The Hall–Kier alpha value is -2.05. The van der Waals surface area contributed by atoms with Gasteiger partial charge in [-0.1, -0.05) is 18.5 Å². The SMILES string of the molecule is CCC[C@H](NC(N)=O)C(=O)N1CCC[C@@H]1c1cc(C)no1. The molecule has 0 bridgehead atoms. The van der Waals surface area contributed by atoms with E-state index in [0.717, 1.165) is 25.0 Å². The second kappa shape index (κ2) is 6.60. The normalized spacial score (nSPS) is 19.5. The third kappa shape index (κ3) is 3.53. The topological polar surface area (TPSA) is 101 Å². The van der Waals surface area contributed by atoms with Crippen LogP contribution in [0.1, 0.15) is 50.1 Å². The molecule has 0 aliphatic carbocycles. The minimum Gasteiger partial charge on any atom is -0.359 e. The van der Waals surface area contributed by atoms with Crippen LogP contribution >= 0.6 is 0 Å². The third-order valence-corrected chi connectivity index (χ3v) is 3.70. The molecule has 2 atom stereocenters. The Bertz CT molecular complexity index is 514. The molecule has 1 aliphatic rings. The van der Waals surface area contributed by atoms with Crippen molar-refractivity contribution in [2.45, 2.75) is 51.6 Å². The monoisotopic (exact) mass is 294 g/mol. The number of amides is 3. The highest BCUT2D eigenvalue weighted by Gasteiger charge is 2.36. The first-order valence-electron chi connectivity index (χ1n) is 7.32. The van der Waals surface area contributed by atoms with Gasteiger partial charge in [-0.2, -0.15) is 0 Å². The summed E-state index contributed by atoms with van der Waals surface area (Å²) in [5.74, 6) is 0.597. The van der Waals surface area contributed by atoms with Crippen LogP contribution in [0.2, 0.25) is 0 Å². The van der Waals surface area contributed by atoms with E-state index in [1.165, 1.54) is 0 Å². The van der Waals surface area contributed by atoms with Gasteiger partial charge in [0.15, 0.2) is 5.76 Å². The summed E-state index contributed by atoms with van der Waals surface area (Å²) in [7, 11) is 0. The number of nitrogens with two attached hydrogens (primary N) is 1. The molecule has 3 N–H and O–H groups in total. The Morgan fingerprint density at radius 3 is 2.95 bits per heavy atom. The van der Waals surface area contributed by atoms with Gasteiger partial charge in [0, 0.05) is 12.6 Å². The molecule has 0 saturated carbocycles. The van der Waals surface area contributed by atoms with E-state index in [9.17, 15) is 9.59 Å². The van der Waals surface area contributed by atoms with Crippen molar-refractivity contribution in [2.75, 3.05) is 6.54 Å². The van der Waals surface area contributed by atoms with Crippen molar-refractivity contribution < 1.29 is 14.1 Å². The highest BCUT2D eigenvalue weighted by molar-refractivity contribution is 5.87. The maximum atomic E-state index is 12.7. The summed E-state index contributed by atoms with van der Waals surface area (Å²) in [6.45, 7) is 4.47. The second-order valence-corrected chi connectivity index (χ2v) is 5.41. The Morgan fingerprint density at radius 1 is 1.62 bits per heavy atom. The number of aryl methyl sites for hydroxylation is 1. The highest BCUT2D eigenvalue weighted by atomic mass is 16.5. The molecule has 2 rings (SSSR count). The van der Waals surface area contributed by atoms with Gasteiger partial charge >= 0.3 is 6.03 Å². The largest absolute Gasteiger partial charge is 0.359 e. The molecule has 1 saturated heterocycles. The molecule has 1 aromatic heterocycles. The van der Waals surface area contributed by atoms with Gasteiger partial charge in [0.2, 0.25) is 5.91 Å². The molecule has 1 fully saturated rings. The van der Waals surface area contributed by atoms with Crippen molar-refractivity contribution in [3.8, 4) is 0 Å². The van der Waals surface area contributed by atoms with E-state index in [-0.39, 0.29) is 11.9 Å². The van der Waals surface area contributed by atoms with Gasteiger partial charge in [-0.15, -0.1) is 0 Å². The molecule has 116 valence electrons. The van der Waals surface area contributed by atoms with E-state index in [2.05, 4.69) is 10.5 Å². The molecule has 21 heavy (non-hydrogen) atoms. The fourth-order valence-corrected chi connectivity index (χ4v) is 2.78. The molecule has 7 heteroatoms. The summed E-state index contributed by atoms with van der Waals surface area (Å²) in [4.78, 5) is 25.5. The van der Waals surface area contributed by atoms with Crippen molar-refractivity contribution in [1.29, 1.82) is 0 Å². The van der Waals surface area contributed by atoms with Crippen molar-refractivity contribution in [3.05, 3.63) is 17.5 Å². The van der Waals surface area contributed by atoms with Crippen molar-refractivity contribution >= 4 is 11.9 Å². The standard InChI is InChI=1S/C14H22N4O3/c1-3-5-10(16-14(15)20)13(19)18-7-4-6-11(18)12-8-9(2)17-21-12/h8,10-11H,3-7H2,1-2H3,(H3,15,16,20)/t10-,11+/m0/s1. The summed E-state index contributed by atoms with van der Waals surface area (Å²) in [5, 5.41) is 6.42. The van der Waals surface area contributed by atoms with Gasteiger partial charge in [-0.3, -0.25) is 4.79 Å². The Morgan fingerprint density at radius 2 is 2.38 bits per heavy atom. The summed E-state index contributed by atoms with van der Waals surface area (Å²) >= 11 is 0. The quantitative estimate of drug-likeness (QED) is 0.858. The van der Waals surface area contributed by atoms with Gasteiger partial charge in [-0.05, 0) is 26.2 Å². The van der Waals surface area contributed by atoms with E-state index in [0.29, 0.717) is 18.7 Å². The van der Waals surface area contributed by atoms with Crippen LogP contribution in [0.25, 0.3) is 0 Å². The molecule has 0 unspecified atom stereocenters. The maximum Gasteiger partial charge on any atom is 0.312 e. The zero-order valence-corrected chi connectivity index (χ0v) is 12.5. The summed E-state index contributed by atoms with van der Waals surface area (Å²) < 4.78 is 5.29. The molecule has 2 heterocycles. The predicted molar refractivity (Wildman–Crippen MR) is 76.3 cm³/mol. The predicted octanol–water partition coefficient (Wildman–Crippen LogP) is 1.48. The van der Waals surface area contributed by atoms with Crippen LogP contribution in [-0.4, -0.2) is 34.6 Å². The lowest BCUT2D eigenvalue weighted by Crippen LogP contribution is -2.49. The van der Waals surface area contributed by atoms with Gasteiger partial charge in [0.05, 0.1) is 11.7 Å². The van der Waals surface area contributed by atoms with Crippen molar-refractivity contribution in [2.24, 2.45) is 5.73 Å². The lowest BCUT2D eigenvalue weighted by molar-refractivity contribution is -0.134. The fourth-order valence-electron chi connectivity index (χ4n) is 2.78. The summed E-state index contributed by atoms with van der Waals surface area (Å²) in [5.41, 5.74) is 5.96. The van der Waals surface area contributed by atoms with E-state index in [1.807, 2.05) is 19.9 Å². The number of nitrogens with one attached hydrogen (secondary N) is 1. The van der Waals surface area contributed by atoms with Crippen LogP contribution in [0.3, 0.4) is 0 Å². The van der Waals surface area contributed by atoms with Gasteiger partial charge in [0.25, 0.3) is 0 Å². The summed E-state index contributed by atoms with van der Waals surface area (Å²) in [6, 6.07) is 0.505. The number of hydrogen-bond donors (Lipinski definition) is 2. The van der Waals surface area contributed by atoms with Gasteiger partial charge in [0.1, 0.15) is 6.04 Å². The molecule has 7 nitrogen and oxygen atoms in total. The van der Waals surface area contributed by atoms with Crippen LogP contribution < -0.4 is 11.1 Å². The second-order valence-electron chi connectivity index (χ2n) is 5.41. The third-order valence-electron chi connectivity index (χ3n) is 3.70. The minimum atomic E-state index is -0.673. The number of primary amides is 1. The van der Waals surface area contributed by atoms with E-state index < -0.39 is 12.1 Å². The number of hydrogen-bond acceptors (Lipinski definition) is 4. The molecule has 3 amide bonds. The number of carbonyl (C=O) groups is 2. The van der Waals surface area contributed by atoms with Crippen LogP contribution in [0.15, 0.2) is 10.6 Å². The molecular formula is C14H22N4O3. The van der Waals surface area contributed by atoms with Crippen molar-refractivity contribution in [3.63, 3.8) is 0 Å². The number of carbonyl (C=O) groups excluding carboxylic acids is 2. The average Bonchev–Trinajstić information content (AvgIpc) is 3.05. The van der Waals surface area contributed by atoms with Crippen LogP contribution in [-0.2, 0) is 4.79 Å². The number of likely N-dealkylation sites (tertiary alicyclic amines) is 1. The number of nitrogens with zero attached hydrogens (tertiary/aromatic N) is 2. The smallest absolute Gasteiger partial charge is 0.312 e. The Kier molecular flexibility index (Phi) is 4.82. The number of urea groups is 1.